The Balaban J connectivity index is 2.14. The van der Waals surface area contributed by atoms with Gasteiger partial charge < -0.3 is 15.7 Å². The zero-order valence-electron chi connectivity index (χ0n) is 10.2. The predicted octanol–water partition coefficient (Wildman–Crippen LogP) is 1.40. The highest BCUT2D eigenvalue weighted by Crippen LogP contribution is 2.10. The molecule has 0 aliphatic heterocycles. The van der Waals surface area contributed by atoms with Crippen LogP contribution in [0.15, 0.2) is 24.3 Å². The molecule has 3 N–H and O–H groups in total. The fourth-order valence-corrected chi connectivity index (χ4v) is 1.45. The second kappa shape index (κ2) is 7.68. The van der Waals surface area contributed by atoms with Gasteiger partial charge in [0.25, 0.3) is 0 Å². The number of carbonyl (C=O) groups is 1. The highest BCUT2D eigenvalue weighted by atomic mass is 16.3. The van der Waals surface area contributed by atoms with Crippen LogP contribution in [-0.2, 0) is 11.3 Å². The number of phenols is 1. The van der Waals surface area contributed by atoms with Crippen LogP contribution in [0.25, 0.3) is 0 Å². The molecule has 0 unspecified atom stereocenters. The monoisotopic (exact) mass is 236 g/mol. The number of benzene rings is 1. The Hall–Kier alpha value is -1.55. The van der Waals surface area contributed by atoms with Crippen molar-refractivity contribution in [3.05, 3.63) is 29.8 Å². The third-order valence-electron chi connectivity index (χ3n) is 2.34. The van der Waals surface area contributed by atoms with Gasteiger partial charge in [-0.3, -0.25) is 4.79 Å². The van der Waals surface area contributed by atoms with Crippen LogP contribution in [0, 0.1) is 0 Å². The van der Waals surface area contributed by atoms with Gasteiger partial charge in [-0.1, -0.05) is 19.1 Å². The molecule has 94 valence electrons. The van der Waals surface area contributed by atoms with Gasteiger partial charge in [-0.25, -0.2) is 0 Å². The van der Waals surface area contributed by atoms with Crippen molar-refractivity contribution in [2.75, 3.05) is 13.1 Å². The lowest BCUT2D eigenvalue weighted by molar-refractivity contribution is -0.120. The molecular weight excluding hydrogens is 216 g/mol. The van der Waals surface area contributed by atoms with Crippen LogP contribution >= 0.6 is 0 Å². The van der Waals surface area contributed by atoms with Crippen molar-refractivity contribution in [1.29, 1.82) is 0 Å². The maximum atomic E-state index is 11.3. The summed E-state index contributed by atoms with van der Waals surface area (Å²) in [7, 11) is 0. The number of rotatable bonds is 7. The van der Waals surface area contributed by atoms with Gasteiger partial charge in [-0.15, -0.1) is 0 Å². The van der Waals surface area contributed by atoms with Crippen LogP contribution in [0.5, 0.6) is 5.75 Å². The third-order valence-corrected chi connectivity index (χ3v) is 2.34. The van der Waals surface area contributed by atoms with E-state index in [1.807, 2.05) is 13.0 Å². The summed E-state index contributed by atoms with van der Waals surface area (Å²) in [4.78, 5) is 11.3. The van der Waals surface area contributed by atoms with E-state index >= 15 is 0 Å². The average molecular weight is 236 g/mol. The summed E-state index contributed by atoms with van der Waals surface area (Å²) in [6.45, 7) is 4.08. The Labute approximate surface area is 102 Å². The zero-order chi connectivity index (χ0) is 12.5. The number of aromatic hydroxyl groups is 1. The molecule has 0 aliphatic carbocycles. The molecule has 0 aliphatic rings. The number of hydrogen-bond donors (Lipinski definition) is 3. The normalized spacial score (nSPS) is 10.2. The Morgan fingerprint density at radius 3 is 2.88 bits per heavy atom. The molecular formula is C13H20N2O2. The van der Waals surface area contributed by atoms with Crippen molar-refractivity contribution in [2.24, 2.45) is 0 Å². The van der Waals surface area contributed by atoms with E-state index in [4.69, 9.17) is 0 Å². The van der Waals surface area contributed by atoms with Crippen LogP contribution in [-0.4, -0.2) is 24.1 Å². The molecule has 17 heavy (non-hydrogen) atoms. The second-order valence-corrected chi connectivity index (χ2v) is 3.95. The minimum absolute atomic E-state index is 0.0789. The summed E-state index contributed by atoms with van der Waals surface area (Å²) in [6, 6.07) is 7.09. The maximum absolute atomic E-state index is 11.3. The van der Waals surface area contributed by atoms with Gasteiger partial charge in [0.2, 0.25) is 5.91 Å². The van der Waals surface area contributed by atoms with E-state index < -0.39 is 0 Å². The number of amides is 1. The molecule has 0 bridgehead atoms. The second-order valence-electron chi connectivity index (χ2n) is 3.95. The lowest BCUT2D eigenvalue weighted by atomic mass is 10.2. The number of phenolic OH excluding ortho intramolecular Hbond substituents is 1. The summed E-state index contributed by atoms with van der Waals surface area (Å²) in [5.41, 5.74) is 1.01. The standard InChI is InChI=1S/C13H20N2O2/c1-2-7-15-13(17)6-8-14-10-11-4-3-5-12(16)9-11/h3-5,9,14,16H,2,6-8,10H2,1H3,(H,15,17). The maximum Gasteiger partial charge on any atom is 0.221 e. The van der Waals surface area contributed by atoms with Crippen molar-refractivity contribution in [3.63, 3.8) is 0 Å². The van der Waals surface area contributed by atoms with E-state index in [0.717, 1.165) is 18.5 Å². The fraction of sp³-hybridized carbons (Fsp3) is 0.462. The molecule has 4 nitrogen and oxygen atoms in total. The first kappa shape index (κ1) is 13.5. The first-order chi connectivity index (χ1) is 8.22. The Kier molecular flexibility index (Phi) is 6.10. The quantitative estimate of drug-likeness (QED) is 0.627. The highest BCUT2D eigenvalue weighted by molar-refractivity contribution is 5.75. The van der Waals surface area contributed by atoms with Gasteiger partial charge in [-0.2, -0.15) is 0 Å². The first-order valence-corrected chi connectivity index (χ1v) is 5.97. The molecule has 0 saturated carbocycles. The SMILES string of the molecule is CCCNC(=O)CCNCc1cccc(O)c1. The van der Waals surface area contributed by atoms with Gasteiger partial charge in [0, 0.05) is 26.1 Å². The van der Waals surface area contributed by atoms with Crippen LogP contribution in [0.3, 0.4) is 0 Å². The molecule has 0 aromatic heterocycles. The summed E-state index contributed by atoms with van der Waals surface area (Å²) in [5.74, 6) is 0.347. The summed E-state index contributed by atoms with van der Waals surface area (Å²) in [6.07, 6.45) is 1.45. The van der Waals surface area contributed by atoms with E-state index in [0.29, 0.717) is 19.5 Å². The summed E-state index contributed by atoms with van der Waals surface area (Å²) >= 11 is 0. The lowest BCUT2D eigenvalue weighted by Crippen LogP contribution is -2.27. The molecule has 0 spiro atoms. The average Bonchev–Trinajstić information content (AvgIpc) is 2.32. The van der Waals surface area contributed by atoms with Gasteiger partial charge in [0.05, 0.1) is 0 Å². The Bertz CT molecular complexity index is 353. The summed E-state index contributed by atoms with van der Waals surface area (Å²) < 4.78 is 0. The largest absolute Gasteiger partial charge is 0.508 e. The zero-order valence-corrected chi connectivity index (χ0v) is 10.2. The van der Waals surface area contributed by atoms with Crippen LogP contribution in [0.2, 0.25) is 0 Å². The Morgan fingerprint density at radius 2 is 2.18 bits per heavy atom. The van der Waals surface area contributed by atoms with E-state index in [1.165, 1.54) is 0 Å². The number of nitrogens with one attached hydrogen (secondary N) is 2. The van der Waals surface area contributed by atoms with E-state index in [2.05, 4.69) is 10.6 Å². The Morgan fingerprint density at radius 1 is 1.35 bits per heavy atom. The van der Waals surface area contributed by atoms with E-state index in [9.17, 15) is 9.90 Å². The molecule has 0 fully saturated rings. The van der Waals surface area contributed by atoms with Crippen molar-refractivity contribution < 1.29 is 9.90 Å². The molecule has 0 atom stereocenters. The third kappa shape index (κ3) is 5.92. The van der Waals surface area contributed by atoms with Crippen LogP contribution in [0.1, 0.15) is 25.3 Å². The van der Waals surface area contributed by atoms with Gasteiger partial charge in [0.15, 0.2) is 0 Å². The molecule has 1 rings (SSSR count). The molecule has 1 aromatic carbocycles. The van der Waals surface area contributed by atoms with Gasteiger partial charge in [0.1, 0.15) is 5.75 Å². The predicted molar refractivity (Wildman–Crippen MR) is 67.7 cm³/mol. The molecule has 1 aromatic rings. The van der Waals surface area contributed by atoms with Crippen LogP contribution in [0.4, 0.5) is 0 Å². The summed E-state index contributed by atoms with van der Waals surface area (Å²) in [5, 5.41) is 15.2. The number of carbonyl (C=O) groups excluding carboxylic acids is 1. The molecule has 4 heteroatoms. The van der Waals surface area contributed by atoms with E-state index in [-0.39, 0.29) is 11.7 Å². The molecule has 1 amide bonds. The fourth-order valence-electron chi connectivity index (χ4n) is 1.45. The van der Waals surface area contributed by atoms with Crippen molar-refractivity contribution >= 4 is 5.91 Å². The smallest absolute Gasteiger partial charge is 0.221 e. The lowest BCUT2D eigenvalue weighted by Gasteiger charge is -2.06. The van der Waals surface area contributed by atoms with Crippen molar-refractivity contribution in [2.45, 2.75) is 26.3 Å². The number of hydrogen-bond acceptors (Lipinski definition) is 3. The van der Waals surface area contributed by atoms with E-state index in [1.54, 1.807) is 18.2 Å². The van der Waals surface area contributed by atoms with Gasteiger partial charge in [-0.05, 0) is 24.1 Å². The first-order valence-electron chi connectivity index (χ1n) is 5.97. The van der Waals surface area contributed by atoms with Crippen LogP contribution < -0.4 is 10.6 Å². The van der Waals surface area contributed by atoms with Gasteiger partial charge >= 0.3 is 0 Å². The topological polar surface area (TPSA) is 61.4 Å². The highest BCUT2D eigenvalue weighted by Gasteiger charge is 1.99. The van der Waals surface area contributed by atoms with Crippen molar-refractivity contribution in [3.8, 4) is 5.75 Å². The minimum atomic E-state index is 0.0789. The minimum Gasteiger partial charge on any atom is -0.508 e. The molecule has 0 radical (unpaired) electrons. The van der Waals surface area contributed by atoms with Crippen molar-refractivity contribution in [1.82, 2.24) is 10.6 Å². The molecule has 0 heterocycles. The molecule has 0 saturated heterocycles.